The Morgan fingerprint density at radius 2 is 2.00 bits per heavy atom. The molecule has 10 heavy (non-hydrogen) atoms. The van der Waals surface area contributed by atoms with E-state index in [1.165, 1.54) is 0 Å². The van der Waals surface area contributed by atoms with Gasteiger partial charge in [0.15, 0.2) is 5.96 Å². The lowest BCUT2D eigenvalue weighted by atomic mass is 10.6. The third-order valence-electron chi connectivity index (χ3n) is 0.763. The second-order valence-electron chi connectivity index (χ2n) is 1.69. The molecule has 0 saturated heterocycles. The highest BCUT2D eigenvalue weighted by atomic mass is 16.1. The second kappa shape index (κ2) is 4.60. The Morgan fingerprint density at radius 3 is 2.40 bits per heavy atom. The van der Waals surface area contributed by atoms with E-state index in [1.807, 2.05) is 0 Å². The molecule has 0 aromatic rings. The summed E-state index contributed by atoms with van der Waals surface area (Å²) < 4.78 is 0. The predicted octanol–water partition coefficient (Wildman–Crippen LogP) is -1.58. The van der Waals surface area contributed by atoms with Crippen LogP contribution in [-0.2, 0) is 4.79 Å². The molecule has 0 atom stereocenters. The van der Waals surface area contributed by atoms with Crippen LogP contribution in [0.3, 0.4) is 0 Å². The van der Waals surface area contributed by atoms with E-state index >= 15 is 0 Å². The normalized spacial score (nSPS) is 8.50. The van der Waals surface area contributed by atoms with E-state index < -0.39 is 0 Å². The molecular weight excluding hydrogens is 132 g/mol. The minimum absolute atomic E-state index is 0.0988. The van der Waals surface area contributed by atoms with Crippen LogP contribution in [0.1, 0.15) is 0 Å². The van der Waals surface area contributed by atoms with Gasteiger partial charge in [0.05, 0.1) is 0 Å². The van der Waals surface area contributed by atoms with Crippen molar-refractivity contribution in [2.24, 2.45) is 5.73 Å². The van der Waals surface area contributed by atoms with Crippen molar-refractivity contribution >= 4 is 11.9 Å². The fraction of sp³-hybridized carbons (Fsp3) is 0.400. The van der Waals surface area contributed by atoms with Crippen LogP contribution in [0.5, 0.6) is 0 Å². The number of amides is 1. The molecule has 5 heteroatoms. The van der Waals surface area contributed by atoms with Gasteiger partial charge in [-0.05, 0) is 0 Å². The van der Waals surface area contributed by atoms with Crippen LogP contribution in [0, 0.1) is 12.3 Å². The molecule has 0 unspecified atom stereocenters. The quantitative estimate of drug-likeness (QED) is 0.218. The largest absolute Gasteiger partial charge is 0.370 e. The van der Waals surface area contributed by atoms with Crippen LogP contribution in [0.15, 0.2) is 0 Å². The van der Waals surface area contributed by atoms with Crippen LogP contribution in [-0.4, -0.2) is 25.0 Å². The summed E-state index contributed by atoms with van der Waals surface area (Å²) in [5, 5.41) is 11.7. The fourth-order valence-corrected chi connectivity index (χ4v) is 0.399. The van der Waals surface area contributed by atoms with Crippen molar-refractivity contribution < 1.29 is 4.79 Å². The lowest BCUT2D eigenvalue weighted by Crippen LogP contribution is -2.37. The van der Waals surface area contributed by atoms with Gasteiger partial charge in [-0.1, -0.05) is 0 Å². The highest BCUT2D eigenvalue weighted by molar-refractivity contribution is 5.80. The Hall–Kier alpha value is -1.26. The van der Waals surface area contributed by atoms with E-state index in [4.69, 9.17) is 11.1 Å². The minimum Gasteiger partial charge on any atom is -0.370 e. The molecule has 0 aromatic carbocycles. The van der Waals surface area contributed by atoms with Crippen LogP contribution in [0.2, 0.25) is 0 Å². The number of nitrogens with one attached hydrogen (secondary N) is 3. The summed E-state index contributed by atoms with van der Waals surface area (Å²) in [6.45, 7) is 3.98. The van der Waals surface area contributed by atoms with Crippen molar-refractivity contribution in [2.75, 3.05) is 13.1 Å². The smallest absolute Gasteiger partial charge is 0.220 e. The van der Waals surface area contributed by atoms with Crippen molar-refractivity contribution in [3.8, 4) is 0 Å². The molecule has 57 valence electrons. The zero-order valence-electron chi connectivity index (χ0n) is 5.61. The Labute approximate surface area is 59.5 Å². The first-order valence-corrected chi connectivity index (χ1v) is 2.80. The molecule has 0 aromatic heterocycles. The second-order valence-corrected chi connectivity index (χ2v) is 1.69. The first-order chi connectivity index (χ1) is 4.63. The molecule has 1 amide bonds. The minimum atomic E-state index is -0.328. The topological polar surface area (TPSA) is 91.0 Å². The van der Waals surface area contributed by atoms with Gasteiger partial charge < -0.3 is 16.4 Å². The molecule has 0 saturated carbocycles. The molecule has 0 rings (SSSR count). The van der Waals surface area contributed by atoms with Crippen LogP contribution in [0.25, 0.3) is 0 Å². The van der Waals surface area contributed by atoms with E-state index in [0.717, 1.165) is 0 Å². The average Bonchev–Trinajstić information content (AvgIpc) is 1.79. The van der Waals surface area contributed by atoms with E-state index in [-0.39, 0.29) is 11.9 Å². The molecule has 0 aliphatic carbocycles. The van der Waals surface area contributed by atoms with Gasteiger partial charge in [0.1, 0.15) is 0 Å². The van der Waals surface area contributed by atoms with Crippen LogP contribution in [0.4, 0.5) is 0 Å². The number of guanidine groups is 1. The molecule has 1 radical (unpaired) electrons. The zero-order valence-corrected chi connectivity index (χ0v) is 5.61. The molecule has 0 bridgehead atoms. The zero-order chi connectivity index (χ0) is 7.98. The molecule has 0 heterocycles. The first-order valence-electron chi connectivity index (χ1n) is 2.80. The summed E-state index contributed by atoms with van der Waals surface area (Å²) in [4.78, 5) is 10.2. The van der Waals surface area contributed by atoms with Gasteiger partial charge in [-0.3, -0.25) is 10.2 Å². The average molecular weight is 143 g/mol. The number of carbonyl (C=O) groups excluding carboxylic acids is 1. The Bertz CT molecular complexity index is 118. The highest BCUT2D eigenvalue weighted by Crippen LogP contribution is 1.58. The van der Waals surface area contributed by atoms with Crippen LogP contribution < -0.4 is 16.4 Å². The monoisotopic (exact) mass is 143 g/mol. The van der Waals surface area contributed by atoms with E-state index in [9.17, 15) is 4.79 Å². The van der Waals surface area contributed by atoms with E-state index in [0.29, 0.717) is 13.1 Å². The van der Waals surface area contributed by atoms with E-state index in [2.05, 4.69) is 17.6 Å². The fourth-order valence-electron chi connectivity index (χ4n) is 0.399. The van der Waals surface area contributed by atoms with Crippen molar-refractivity contribution in [1.29, 1.82) is 5.41 Å². The number of rotatable bonds is 3. The number of carbonyl (C=O) groups is 1. The van der Waals surface area contributed by atoms with Crippen molar-refractivity contribution in [2.45, 2.75) is 0 Å². The first kappa shape index (κ1) is 8.74. The molecule has 0 fully saturated rings. The predicted molar refractivity (Wildman–Crippen MR) is 38.3 cm³/mol. The van der Waals surface area contributed by atoms with Crippen molar-refractivity contribution in [3.05, 3.63) is 6.92 Å². The summed E-state index contributed by atoms with van der Waals surface area (Å²) in [6, 6.07) is 0. The van der Waals surface area contributed by atoms with Gasteiger partial charge in [0.2, 0.25) is 5.91 Å². The van der Waals surface area contributed by atoms with Crippen molar-refractivity contribution in [1.82, 2.24) is 10.6 Å². The number of hydrogen-bond acceptors (Lipinski definition) is 2. The lowest BCUT2D eigenvalue weighted by molar-refractivity contribution is -0.116. The van der Waals surface area contributed by atoms with E-state index in [1.54, 1.807) is 0 Å². The van der Waals surface area contributed by atoms with Crippen LogP contribution >= 0.6 is 0 Å². The molecule has 0 aliphatic heterocycles. The highest BCUT2D eigenvalue weighted by Gasteiger charge is 1.89. The van der Waals surface area contributed by atoms with Gasteiger partial charge >= 0.3 is 0 Å². The van der Waals surface area contributed by atoms with Gasteiger partial charge in [-0.2, -0.15) is 0 Å². The Balaban J connectivity index is 3.06. The Kier molecular flexibility index (Phi) is 4.02. The SMILES string of the molecule is [CH2]C(=O)NCCNC(=N)N. The number of hydrogen-bond donors (Lipinski definition) is 4. The number of nitrogens with two attached hydrogens (primary N) is 1. The maximum atomic E-state index is 10.2. The third-order valence-corrected chi connectivity index (χ3v) is 0.763. The summed E-state index contributed by atoms with van der Waals surface area (Å²) >= 11 is 0. The van der Waals surface area contributed by atoms with Crippen molar-refractivity contribution in [3.63, 3.8) is 0 Å². The lowest BCUT2D eigenvalue weighted by Gasteiger charge is -2.02. The Morgan fingerprint density at radius 1 is 1.50 bits per heavy atom. The standard InChI is InChI=1S/C5H11N4O/c1-4(10)8-2-3-9-5(6)7/h1-3H2,(H,8,10)(H4,6,7,9). The summed E-state index contributed by atoms with van der Waals surface area (Å²) in [5.74, 6) is -0.427. The van der Waals surface area contributed by atoms with Gasteiger partial charge in [0, 0.05) is 20.0 Å². The maximum absolute atomic E-state index is 10.2. The maximum Gasteiger partial charge on any atom is 0.220 e. The summed E-state index contributed by atoms with van der Waals surface area (Å²) in [5.41, 5.74) is 4.95. The molecule has 0 spiro atoms. The third kappa shape index (κ3) is 6.74. The van der Waals surface area contributed by atoms with Gasteiger partial charge in [-0.15, -0.1) is 0 Å². The molecular formula is C5H11N4O. The summed E-state index contributed by atoms with van der Waals surface area (Å²) in [6.07, 6.45) is 0. The molecule has 0 aliphatic rings. The molecule has 5 nitrogen and oxygen atoms in total. The summed E-state index contributed by atoms with van der Waals surface area (Å²) in [7, 11) is 0. The molecule has 5 N–H and O–H groups in total. The van der Waals surface area contributed by atoms with Gasteiger partial charge in [0.25, 0.3) is 0 Å². The van der Waals surface area contributed by atoms with Gasteiger partial charge in [-0.25, -0.2) is 0 Å².